The predicted molar refractivity (Wildman–Crippen MR) is 87.5 cm³/mol. The number of carbonyl (C=O) groups is 1. The minimum Gasteiger partial charge on any atom is -0.489 e. The van der Waals surface area contributed by atoms with Crippen molar-refractivity contribution in [2.75, 3.05) is 6.61 Å². The molecule has 0 aromatic heterocycles. The van der Waals surface area contributed by atoms with Crippen LogP contribution in [0.2, 0.25) is 0 Å². The van der Waals surface area contributed by atoms with Crippen LogP contribution in [0.3, 0.4) is 0 Å². The van der Waals surface area contributed by atoms with Gasteiger partial charge in [0.05, 0.1) is 6.61 Å². The molecule has 0 aliphatic carbocycles. The molecular formula is C19H20O3. The third kappa shape index (κ3) is 4.77. The van der Waals surface area contributed by atoms with Crippen LogP contribution in [-0.2, 0) is 16.1 Å². The minimum atomic E-state index is -0.324. The first-order valence-electron chi connectivity index (χ1n) is 7.31. The maximum atomic E-state index is 11.5. The number of hydrogen-bond donors (Lipinski definition) is 0. The van der Waals surface area contributed by atoms with Gasteiger partial charge < -0.3 is 9.47 Å². The van der Waals surface area contributed by atoms with Crippen LogP contribution in [0.1, 0.15) is 25.0 Å². The summed E-state index contributed by atoms with van der Waals surface area (Å²) in [5.74, 6) is 0.452. The normalized spacial score (nSPS) is 11.1. The molecule has 3 heteroatoms. The first-order chi connectivity index (χ1) is 10.7. The fourth-order valence-corrected chi connectivity index (χ4v) is 2.02. The van der Waals surface area contributed by atoms with Crippen molar-refractivity contribution in [2.24, 2.45) is 0 Å². The molecule has 0 fully saturated rings. The highest BCUT2D eigenvalue weighted by atomic mass is 16.5. The summed E-state index contributed by atoms with van der Waals surface area (Å²) in [7, 11) is 0. The Morgan fingerprint density at radius 1 is 1.09 bits per heavy atom. The SMILES string of the molecule is CCOC(=O)C=C(C)c1cccc(OCc2ccccc2)c1. The summed E-state index contributed by atoms with van der Waals surface area (Å²) in [6.07, 6.45) is 1.50. The first kappa shape index (κ1) is 15.8. The second-order valence-electron chi connectivity index (χ2n) is 4.88. The van der Waals surface area contributed by atoms with Crippen LogP contribution in [0.25, 0.3) is 5.57 Å². The van der Waals surface area contributed by atoms with E-state index in [1.54, 1.807) is 6.92 Å². The summed E-state index contributed by atoms with van der Waals surface area (Å²) in [4.78, 5) is 11.5. The first-order valence-corrected chi connectivity index (χ1v) is 7.31. The van der Waals surface area contributed by atoms with Gasteiger partial charge in [0.1, 0.15) is 12.4 Å². The van der Waals surface area contributed by atoms with E-state index in [0.717, 1.165) is 22.4 Å². The van der Waals surface area contributed by atoms with E-state index < -0.39 is 0 Å². The van der Waals surface area contributed by atoms with Gasteiger partial charge in [-0.15, -0.1) is 0 Å². The van der Waals surface area contributed by atoms with Crippen molar-refractivity contribution in [1.82, 2.24) is 0 Å². The third-order valence-electron chi connectivity index (χ3n) is 3.16. The number of ether oxygens (including phenoxy) is 2. The van der Waals surface area contributed by atoms with E-state index in [4.69, 9.17) is 9.47 Å². The van der Waals surface area contributed by atoms with Gasteiger partial charge in [-0.3, -0.25) is 0 Å². The molecule has 2 aromatic carbocycles. The maximum Gasteiger partial charge on any atom is 0.331 e. The van der Waals surface area contributed by atoms with Crippen molar-refractivity contribution >= 4 is 11.5 Å². The number of esters is 1. The Labute approximate surface area is 131 Å². The van der Waals surface area contributed by atoms with Gasteiger partial charge in [-0.2, -0.15) is 0 Å². The van der Waals surface area contributed by atoms with Gasteiger partial charge in [-0.25, -0.2) is 4.79 Å². The Morgan fingerprint density at radius 2 is 1.86 bits per heavy atom. The highest BCUT2D eigenvalue weighted by molar-refractivity contribution is 5.90. The van der Waals surface area contributed by atoms with Crippen LogP contribution >= 0.6 is 0 Å². The van der Waals surface area contributed by atoms with E-state index >= 15 is 0 Å². The van der Waals surface area contributed by atoms with Crippen molar-refractivity contribution < 1.29 is 14.3 Å². The van der Waals surface area contributed by atoms with Crippen molar-refractivity contribution in [3.05, 3.63) is 71.8 Å². The number of rotatable bonds is 6. The summed E-state index contributed by atoms with van der Waals surface area (Å²) in [6, 6.07) is 17.7. The van der Waals surface area contributed by atoms with Crippen molar-refractivity contribution in [3.8, 4) is 5.75 Å². The molecule has 0 spiro atoms. The lowest BCUT2D eigenvalue weighted by Crippen LogP contribution is -2.00. The highest BCUT2D eigenvalue weighted by Gasteiger charge is 2.03. The van der Waals surface area contributed by atoms with E-state index in [1.807, 2.05) is 61.5 Å². The van der Waals surface area contributed by atoms with Crippen LogP contribution < -0.4 is 4.74 Å². The molecule has 0 saturated heterocycles. The van der Waals surface area contributed by atoms with E-state index in [1.165, 1.54) is 6.08 Å². The molecule has 0 amide bonds. The monoisotopic (exact) mass is 296 g/mol. The Morgan fingerprint density at radius 3 is 2.59 bits per heavy atom. The Hall–Kier alpha value is -2.55. The molecule has 0 aliphatic heterocycles. The molecule has 0 unspecified atom stereocenters. The molecule has 22 heavy (non-hydrogen) atoms. The fraction of sp³-hybridized carbons (Fsp3) is 0.211. The molecule has 0 bridgehead atoms. The van der Waals surface area contributed by atoms with E-state index in [2.05, 4.69) is 0 Å². The second kappa shape index (κ2) is 8.03. The van der Waals surface area contributed by atoms with Gasteiger partial charge in [-0.1, -0.05) is 42.5 Å². The second-order valence-corrected chi connectivity index (χ2v) is 4.88. The zero-order valence-electron chi connectivity index (χ0n) is 12.9. The van der Waals surface area contributed by atoms with Gasteiger partial charge in [0, 0.05) is 6.08 Å². The highest BCUT2D eigenvalue weighted by Crippen LogP contribution is 2.21. The van der Waals surface area contributed by atoms with Crippen LogP contribution in [0.15, 0.2) is 60.7 Å². The standard InChI is InChI=1S/C19H20O3/c1-3-21-19(20)12-15(2)17-10-7-11-18(13-17)22-14-16-8-5-4-6-9-16/h4-13H,3,14H2,1-2H3. The van der Waals surface area contributed by atoms with Gasteiger partial charge in [0.25, 0.3) is 0 Å². The van der Waals surface area contributed by atoms with E-state index in [-0.39, 0.29) is 5.97 Å². The average Bonchev–Trinajstić information content (AvgIpc) is 2.54. The number of carbonyl (C=O) groups excluding carboxylic acids is 1. The number of benzene rings is 2. The zero-order chi connectivity index (χ0) is 15.8. The topological polar surface area (TPSA) is 35.5 Å². The lowest BCUT2D eigenvalue weighted by atomic mass is 10.1. The lowest BCUT2D eigenvalue weighted by Gasteiger charge is -2.08. The van der Waals surface area contributed by atoms with Crippen molar-refractivity contribution in [3.63, 3.8) is 0 Å². The lowest BCUT2D eigenvalue weighted by molar-refractivity contribution is -0.137. The maximum absolute atomic E-state index is 11.5. The molecule has 0 saturated carbocycles. The molecule has 3 nitrogen and oxygen atoms in total. The smallest absolute Gasteiger partial charge is 0.331 e. The molecule has 2 aromatic rings. The summed E-state index contributed by atoms with van der Waals surface area (Å²) < 4.78 is 10.7. The fourth-order valence-electron chi connectivity index (χ4n) is 2.02. The molecular weight excluding hydrogens is 276 g/mol. The molecule has 0 radical (unpaired) electrons. The molecule has 114 valence electrons. The van der Waals surface area contributed by atoms with Crippen molar-refractivity contribution in [1.29, 1.82) is 0 Å². The van der Waals surface area contributed by atoms with E-state index in [9.17, 15) is 4.79 Å². The minimum absolute atomic E-state index is 0.324. The van der Waals surface area contributed by atoms with Crippen molar-refractivity contribution in [2.45, 2.75) is 20.5 Å². The number of allylic oxidation sites excluding steroid dienone is 1. The van der Waals surface area contributed by atoms with Gasteiger partial charge in [0.15, 0.2) is 0 Å². The summed E-state index contributed by atoms with van der Waals surface area (Å²) in [5.41, 5.74) is 2.91. The summed E-state index contributed by atoms with van der Waals surface area (Å²) >= 11 is 0. The van der Waals surface area contributed by atoms with Crippen LogP contribution in [0, 0.1) is 0 Å². The van der Waals surface area contributed by atoms with Gasteiger partial charge in [0.2, 0.25) is 0 Å². The van der Waals surface area contributed by atoms with E-state index in [0.29, 0.717) is 13.2 Å². The van der Waals surface area contributed by atoms with Crippen LogP contribution in [0.4, 0.5) is 0 Å². The van der Waals surface area contributed by atoms with Gasteiger partial charge in [-0.05, 0) is 42.7 Å². The molecule has 2 rings (SSSR count). The average molecular weight is 296 g/mol. The largest absolute Gasteiger partial charge is 0.489 e. The number of hydrogen-bond acceptors (Lipinski definition) is 3. The summed E-state index contributed by atoms with van der Waals surface area (Å²) in [6.45, 7) is 4.57. The Balaban J connectivity index is 2.05. The Kier molecular flexibility index (Phi) is 5.78. The third-order valence-corrected chi connectivity index (χ3v) is 3.16. The quantitative estimate of drug-likeness (QED) is 0.591. The Bertz CT molecular complexity index is 645. The zero-order valence-corrected chi connectivity index (χ0v) is 12.9. The molecule has 0 atom stereocenters. The molecule has 0 N–H and O–H groups in total. The molecule has 0 heterocycles. The summed E-state index contributed by atoms with van der Waals surface area (Å²) in [5, 5.41) is 0. The molecule has 0 aliphatic rings. The predicted octanol–water partition coefficient (Wildman–Crippen LogP) is 4.23. The van der Waals surface area contributed by atoms with Crippen LogP contribution in [0.5, 0.6) is 5.75 Å². The van der Waals surface area contributed by atoms with Crippen LogP contribution in [-0.4, -0.2) is 12.6 Å². The van der Waals surface area contributed by atoms with Gasteiger partial charge >= 0.3 is 5.97 Å².